The van der Waals surface area contributed by atoms with E-state index in [0.29, 0.717) is 24.0 Å². The maximum absolute atomic E-state index is 11.9. The van der Waals surface area contributed by atoms with Crippen LogP contribution in [-0.4, -0.2) is 110 Å². The maximum atomic E-state index is 11.9. The van der Waals surface area contributed by atoms with Gasteiger partial charge < -0.3 is 54.7 Å². The lowest BCUT2D eigenvalue weighted by Crippen LogP contribution is -2.63. The number of carboxylic acids is 1. The van der Waals surface area contributed by atoms with Crippen LogP contribution in [-0.2, 0) is 27.1 Å². The Balaban J connectivity index is 2.06. The minimum absolute atomic E-state index is 0.0500. The molecule has 1 aromatic carbocycles. The number of benzene rings is 1. The van der Waals surface area contributed by atoms with Gasteiger partial charge in [0.1, 0.15) is 42.4 Å². The lowest BCUT2D eigenvalue weighted by molar-refractivity contribution is -0.345. The summed E-state index contributed by atoms with van der Waals surface area (Å²) >= 11 is 0. The van der Waals surface area contributed by atoms with Gasteiger partial charge in [-0.15, -0.1) is 0 Å². The summed E-state index contributed by atoms with van der Waals surface area (Å²) in [6, 6.07) is 2.95. The molecule has 0 saturated carbocycles. The van der Waals surface area contributed by atoms with Crippen LogP contribution >= 0.6 is 0 Å². The van der Waals surface area contributed by atoms with Gasteiger partial charge in [-0.25, -0.2) is 4.79 Å². The molecule has 2 heterocycles. The molecule has 12 nitrogen and oxygen atoms in total. The van der Waals surface area contributed by atoms with Crippen LogP contribution in [0.4, 0.5) is 0 Å². The smallest absolute Gasteiger partial charge is 0.335 e. The van der Waals surface area contributed by atoms with E-state index in [2.05, 4.69) is 0 Å². The fourth-order valence-corrected chi connectivity index (χ4v) is 4.43. The fourth-order valence-electron chi connectivity index (χ4n) is 4.43. The Morgan fingerprint density at radius 2 is 1.48 bits per heavy atom. The van der Waals surface area contributed by atoms with Gasteiger partial charge in [0.25, 0.3) is 0 Å². The summed E-state index contributed by atoms with van der Waals surface area (Å²) in [5.41, 5.74) is 3.03. The Kier molecular flexibility index (Phi) is 11.2. The monoisotopic (exact) mass is 568 g/mol. The lowest BCUT2D eigenvalue weighted by atomic mass is 9.97. The zero-order chi connectivity index (χ0) is 29.7. The van der Waals surface area contributed by atoms with Crippen LogP contribution in [0.3, 0.4) is 0 Å². The number of aliphatic hydroxyl groups is 6. The summed E-state index contributed by atoms with van der Waals surface area (Å²) < 4.78 is 23.1. The average Bonchev–Trinajstić information content (AvgIpc) is 2.90. The number of carboxylic acid groups (broad SMARTS) is 1. The van der Waals surface area contributed by atoms with E-state index < -0.39 is 67.9 Å². The van der Waals surface area contributed by atoms with E-state index in [-0.39, 0.29) is 17.9 Å². The molecule has 3 rings (SSSR count). The lowest BCUT2D eigenvalue weighted by Gasteiger charge is -2.44. The second-order valence-corrected chi connectivity index (χ2v) is 10.6. The van der Waals surface area contributed by atoms with Crippen LogP contribution in [0.5, 0.6) is 5.75 Å². The summed E-state index contributed by atoms with van der Waals surface area (Å²) in [7, 11) is 0. The Bertz CT molecular complexity index is 1040. The Labute approximate surface area is 232 Å². The number of ether oxygens (including phenoxy) is 4. The Morgan fingerprint density at radius 3 is 1.98 bits per heavy atom. The third kappa shape index (κ3) is 7.66. The third-order valence-electron chi connectivity index (χ3n) is 6.75. The van der Waals surface area contributed by atoms with Crippen LogP contribution in [0.25, 0.3) is 0 Å². The summed E-state index contributed by atoms with van der Waals surface area (Å²) in [6.45, 7) is 6.55. The Morgan fingerprint density at radius 1 is 0.900 bits per heavy atom. The van der Waals surface area contributed by atoms with Crippen molar-refractivity contribution in [1.82, 2.24) is 0 Å². The molecule has 224 valence electrons. The highest BCUT2D eigenvalue weighted by atomic mass is 16.8. The number of hydrogen-bond donors (Lipinski definition) is 7. The molecule has 2 saturated heterocycles. The van der Waals surface area contributed by atoms with Crippen molar-refractivity contribution in [1.29, 1.82) is 0 Å². The molecule has 0 bridgehead atoms. The number of hydrogen-bond acceptors (Lipinski definition) is 11. The number of rotatable bonds is 10. The van der Waals surface area contributed by atoms with E-state index in [1.165, 1.54) is 12.1 Å². The Hall–Kier alpha value is -2.39. The first kappa shape index (κ1) is 32.1. The molecule has 9 atom stereocenters. The van der Waals surface area contributed by atoms with Crippen molar-refractivity contribution in [2.45, 2.75) is 95.8 Å². The predicted octanol–water partition coefficient (Wildman–Crippen LogP) is 0.0442. The average molecular weight is 569 g/mol. The quantitative estimate of drug-likeness (QED) is 0.188. The largest absolute Gasteiger partial charge is 0.478 e. The molecule has 0 radical (unpaired) electrons. The fraction of sp³-hybridized carbons (Fsp3) is 0.607. The minimum atomic E-state index is -1.69. The predicted molar refractivity (Wildman–Crippen MR) is 141 cm³/mol. The van der Waals surface area contributed by atoms with Crippen molar-refractivity contribution in [2.24, 2.45) is 0 Å². The van der Waals surface area contributed by atoms with E-state index in [4.69, 9.17) is 18.9 Å². The van der Waals surface area contributed by atoms with Crippen molar-refractivity contribution in [3.63, 3.8) is 0 Å². The van der Waals surface area contributed by atoms with Gasteiger partial charge in [0, 0.05) is 0 Å². The van der Waals surface area contributed by atoms with Gasteiger partial charge in [-0.1, -0.05) is 23.3 Å². The van der Waals surface area contributed by atoms with Gasteiger partial charge in [-0.3, -0.25) is 0 Å². The highest BCUT2D eigenvalue weighted by Gasteiger charge is 2.50. The maximum Gasteiger partial charge on any atom is 0.335 e. The molecule has 7 N–H and O–H groups in total. The molecule has 0 aliphatic carbocycles. The standard InChI is InChI=1S/C28H40O12/c1-13(2)5-7-15-9-17(26(35)36)10-16(8-6-14(3)4)24(15)39-28-25(22(33)21(32)19(11-29)38-28)40-27-23(34)20(31)18(30)12-37-27/h5-6,9-10,18-23,25,27-34H,7-8,11-12H2,1-4H3,(H,35,36). The molecule has 40 heavy (non-hydrogen) atoms. The first-order valence-electron chi connectivity index (χ1n) is 13.1. The van der Waals surface area contributed by atoms with E-state index in [0.717, 1.165) is 11.1 Å². The van der Waals surface area contributed by atoms with Gasteiger partial charge in [-0.2, -0.15) is 0 Å². The molecule has 0 spiro atoms. The first-order chi connectivity index (χ1) is 18.8. The molecule has 1 aromatic rings. The molecule has 2 aliphatic heterocycles. The summed E-state index contributed by atoms with van der Waals surface area (Å²) in [5.74, 6) is -0.860. The van der Waals surface area contributed by atoms with Crippen LogP contribution in [0.2, 0.25) is 0 Å². The molecule has 12 heteroatoms. The zero-order valence-electron chi connectivity index (χ0n) is 23.0. The van der Waals surface area contributed by atoms with Crippen molar-refractivity contribution >= 4 is 5.97 Å². The van der Waals surface area contributed by atoms with Gasteiger partial charge >= 0.3 is 5.97 Å². The molecule has 2 aliphatic rings. The summed E-state index contributed by atoms with van der Waals surface area (Å²) in [5, 5.41) is 71.2. The van der Waals surface area contributed by atoms with E-state index in [9.17, 15) is 40.5 Å². The molecular weight excluding hydrogens is 528 g/mol. The number of carbonyl (C=O) groups is 1. The van der Waals surface area contributed by atoms with Crippen LogP contribution in [0, 0.1) is 0 Å². The third-order valence-corrected chi connectivity index (χ3v) is 6.75. The highest BCUT2D eigenvalue weighted by molar-refractivity contribution is 5.88. The molecule has 0 amide bonds. The number of allylic oxidation sites excluding steroid dienone is 4. The van der Waals surface area contributed by atoms with Gasteiger partial charge in [0.05, 0.1) is 18.8 Å². The molecular formula is C28H40O12. The van der Waals surface area contributed by atoms with Crippen molar-refractivity contribution in [3.8, 4) is 5.75 Å². The van der Waals surface area contributed by atoms with Gasteiger partial charge in [-0.05, 0) is 63.8 Å². The summed E-state index contributed by atoms with van der Waals surface area (Å²) in [6.07, 6.45) is -9.28. The normalized spacial score (nSPS) is 32.3. The van der Waals surface area contributed by atoms with Gasteiger partial charge in [0.15, 0.2) is 12.4 Å². The molecule has 0 aromatic heterocycles. The molecule has 9 unspecified atom stereocenters. The van der Waals surface area contributed by atoms with E-state index in [1.807, 2.05) is 39.8 Å². The topological polar surface area (TPSA) is 196 Å². The van der Waals surface area contributed by atoms with E-state index >= 15 is 0 Å². The number of aliphatic hydroxyl groups excluding tert-OH is 6. The van der Waals surface area contributed by atoms with Crippen molar-refractivity contribution in [2.75, 3.05) is 13.2 Å². The second kappa shape index (κ2) is 14.0. The van der Waals surface area contributed by atoms with Gasteiger partial charge in [0.2, 0.25) is 6.29 Å². The highest BCUT2D eigenvalue weighted by Crippen LogP contribution is 2.34. The zero-order valence-corrected chi connectivity index (χ0v) is 23.0. The second-order valence-electron chi connectivity index (χ2n) is 10.6. The number of aromatic carboxylic acids is 1. The van der Waals surface area contributed by atoms with E-state index in [1.54, 1.807) is 0 Å². The molecule has 2 fully saturated rings. The van der Waals surface area contributed by atoms with Crippen molar-refractivity contribution < 1.29 is 59.5 Å². The van der Waals surface area contributed by atoms with Crippen LogP contribution in [0.15, 0.2) is 35.4 Å². The summed E-state index contributed by atoms with van der Waals surface area (Å²) in [4.78, 5) is 11.9. The van der Waals surface area contributed by atoms with Crippen molar-refractivity contribution in [3.05, 3.63) is 52.1 Å². The SMILES string of the molecule is CC(C)=CCc1cc(C(=O)O)cc(CC=C(C)C)c1OC1OC(CO)C(O)C(O)C1OC1OCC(O)C(O)C1O. The minimum Gasteiger partial charge on any atom is -0.478 e. The first-order valence-corrected chi connectivity index (χ1v) is 13.1. The van der Waals surface area contributed by atoms with Crippen LogP contribution < -0.4 is 4.74 Å². The van der Waals surface area contributed by atoms with Crippen LogP contribution in [0.1, 0.15) is 49.2 Å².